The van der Waals surface area contributed by atoms with Crippen LogP contribution in [0.25, 0.3) is 0 Å². The van der Waals surface area contributed by atoms with Gasteiger partial charge >= 0.3 is 6.09 Å². The van der Waals surface area contributed by atoms with Crippen LogP contribution in [0.2, 0.25) is 0 Å². The van der Waals surface area contributed by atoms with Gasteiger partial charge in [-0.3, -0.25) is 0 Å². The molecule has 76 valence electrons. The number of carbonyl (C=O) groups excluding carboxylic acids is 1. The molecule has 0 aromatic carbocycles. The summed E-state index contributed by atoms with van der Waals surface area (Å²) in [5, 5.41) is 0. The summed E-state index contributed by atoms with van der Waals surface area (Å²) in [5.74, 6) is 0. The fourth-order valence-corrected chi connectivity index (χ4v) is 1.53. The van der Waals surface area contributed by atoms with Crippen LogP contribution in [0.5, 0.6) is 0 Å². The maximum atomic E-state index is 11.2. The van der Waals surface area contributed by atoms with Gasteiger partial charge in [-0.1, -0.05) is 11.6 Å². The quantitative estimate of drug-likeness (QED) is 0.643. The predicted molar refractivity (Wildman–Crippen MR) is 48.8 cm³/mol. The van der Waals surface area contributed by atoms with E-state index in [1.165, 1.54) is 0 Å². The molecular formula is C8H14ClNO3. The van der Waals surface area contributed by atoms with Gasteiger partial charge in [0.25, 0.3) is 0 Å². The van der Waals surface area contributed by atoms with E-state index >= 15 is 0 Å². The number of likely N-dealkylation sites (tertiary alicyclic amines) is 1. The second-order valence-corrected chi connectivity index (χ2v) is 3.18. The van der Waals surface area contributed by atoms with Gasteiger partial charge in [-0.2, -0.15) is 0 Å². The zero-order valence-corrected chi connectivity index (χ0v) is 8.42. The molecule has 0 aliphatic carbocycles. The van der Waals surface area contributed by atoms with Crippen molar-refractivity contribution in [3.63, 3.8) is 0 Å². The van der Waals surface area contributed by atoms with Crippen LogP contribution in [-0.4, -0.2) is 43.4 Å². The number of alkyl halides is 1. The third-order valence-corrected chi connectivity index (χ3v) is 2.26. The Bertz CT molecular complexity index is 177. The maximum Gasteiger partial charge on any atom is 0.411 e. The minimum Gasteiger partial charge on any atom is -0.433 e. The van der Waals surface area contributed by atoms with Crippen LogP contribution in [0.15, 0.2) is 0 Å². The van der Waals surface area contributed by atoms with Crippen molar-refractivity contribution >= 4 is 17.7 Å². The lowest BCUT2D eigenvalue weighted by molar-refractivity contribution is 0.0274. The summed E-state index contributed by atoms with van der Waals surface area (Å²) < 4.78 is 9.84. The summed E-state index contributed by atoms with van der Waals surface area (Å²) in [6, 6.07) is -0.0903. The van der Waals surface area contributed by atoms with E-state index in [1.54, 1.807) is 12.0 Å². The SMILES string of the molecule is COC1CCCN(C(=O)OCCl)C1. The van der Waals surface area contributed by atoms with Gasteiger partial charge in [0, 0.05) is 13.7 Å². The van der Waals surface area contributed by atoms with Gasteiger partial charge in [0.15, 0.2) is 6.07 Å². The van der Waals surface area contributed by atoms with Crippen LogP contribution >= 0.6 is 11.6 Å². The van der Waals surface area contributed by atoms with Gasteiger partial charge in [0.1, 0.15) is 0 Å². The summed E-state index contributed by atoms with van der Waals surface area (Å²) in [4.78, 5) is 12.8. The highest BCUT2D eigenvalue weighted by Gasteiger charge is 2.23. The van der Waals surface area contributed by atoms with E-state index in [9.17, 15) is 4.79 Å². The molecule has 1 heterocycles. The Morgan fingerprint density at radius 3 is 3.08 bits per heavy atom. The molecule has 0 aromatic rings. The van der Waals surface area contributed by atoms with E-state index in [4.69, 9.17) is 16.3 Å². The van der Waals surface area contributed by atoms with Gasteiger partial charge in [-0.05, 0) is 12.8 Å². The number of ether oxygens (including phenoxy) is 2. The minimum absolute atomic E-state index is 0.0903. The molecule has 13 heavy (non-hydrogen) atoms. The average Bonchev–Trinajstić information content (AvgIpc) is 2.18. The standard InChI is InChI=1S/C8H14ClNO3/c1-12-7-3-2-4-10(5-7)8(11)13-6-9/h7H,2-6H2,1H3. The highest BCUT2D eigenvalue weighted by Crippen LogP contribution is 2.13. The van der Waals surface area contributed by atoms with Gasteiger partial charge in [-0.15, -0.1) is 0 Å². The first kappa shape index (κ1) is 10.6. The van der Waals surface area contributed by atoms with Gasteiger partial charge in [0.2, 0.25) is 0 Å². The van der Waals surface area contributed by atoms with Crippen molar-refractivity contribution in [3.8, 4) is 0 Å². The molecule has 5 heteroatoms. The third-order valence-electron chi connectivity index (χ3n) is 2.15. The van der Waals surface area contributed by atoms with Crippen molar-refractivity contribution in [3.05, 3.63) is 0 Å². The Labute approximate surface area is 82.7 Å². The number of hydrogen-bond acceptors (Lipinski definition) is 3. The molecule has 0 aromatic heterocycles. The first-order chi connectivity index (χ1) is 6.27. The predicted octanol–water partition coefficient (Wildman–Crippen LogP) is 1.43. The number of piperidine rings is 1. The minimum atomic E-state index is -0.350. The molecule has 0 spiro atoms. The molecule has 1 aliphatic rings. The highest BCUT2D eigenvalue weighted by atomic mass is 35.5. The molecule has 0 radical (unpaired) electrons. The maximum absolute atomic E-state index is 11.2. The fourth-order valence-electron chi connectivity index (χ4n) is 1.43. The first-order valence-electron chi connectivity index (χ1n) is 4.28. The summed E-state index contributed by atoms with van der Waals surface area (Å²) in [7, 11) is 1.65. The molecule has 1 rings (SSSR count). The van der Waals surface area contributed by atoms with Crippen LogP contribution in [-0.2, 0) is 9.47 Å². The van der Waals surface area contributed by atoms with Crippen LogP contribution in [0, 0.1) is 0 Å². The van der Waals surface area contributed by atoms with Crippen LogP contribution in [0.1, 0.15) is 12.8 Å². The highest BCUT2D eigenvalue weighted by molar-refractivity contribution is 6.17. The first-order valence-corrected chi connectivity index (χ1v) is 4.82. The van der Waals surface area contributed by atoms with Crippen LogP contribution in [0.3, 0.4) is 0 Å². The number of amides is 1. The smallest absolute Gasteiger partial charge is 0.411 e. The number of carbonyl (C=O) groups is 1. The number of rotatable bonds is 2. The fraction of sp³-hybridized carbons (Fsp3) is 0.875. The second-order valence-electron chi connectivity index (χ2n) is 2.97. The molecule has 1 saturated heterocycles. The van der Waals surface area contributed by atoms with E-state index in [2.05, 4.69) is 4.74 Å². The van der Waals surface area contributed by atoms with Crippen molar-refractivity contribution in [2.45, 2.75) is 18.9 Å². The Kier molecular flexibility index (Phi) is 4.32. The van der Waals surface area contributed by atoms with Crippen LogP contribution in [0.4, 0.5) is 4.79 Å². The molecule has 0 bridgehead atoms. The van der Waals surface area contributed by atoms with Crippen molar-refractivity contribution in [2.24, 2.45) is 0 Å². The molecule has 1 amide bonds. The molecule has 1 atom stereocenters. The van der Waals surface area contributed by atoms with E-state index in [0.717, 1.165) is 19.4 Å². The van der Waals surface area contributed by atoms with Crippen molar-refractivity contribution in [2.75, 3.05) is 26.3 Å². The van der Waals surface area contributed by atoms with E-state index in [0.29, 0.717) is 6.54 Å². The monoisotopic (exact) mass is 207 g/mol. The number of nitrogens with zero attached hydrogens (tertiary/aromatic N) is 1. The van der Waals surface area contributed by atoms with E-state index in [-0.39, 0.29) is 18.3 Å². The Morgan fingerprint density at radius 1 is 1.69 bits per heavy atom. The average molecular weight is 208 g/mol. The van der Waals surface area contributed by atoms with E-state index in [1.807, 2.05) is 0 Å². The third kappa shape index (κ3) is 3.04. The summed E-state index contributed by atoms with van der Waals surface area (Å²) >= 11 is 5.28. The second kappa shape index (κ2) is 5.29. The molecule has 4 nitrogen and oxygen atoms in total. The number of halogens is 1. The topological polar surface area (TPSA) is 38.8 Å². The molecular weight excluding hydrogens is 194 g/mol. The molecule has 1 unspecified atom stereocenters. The number of hydrogen-bond donors (Lipinski definition) is 0. The van der Waals surface area contributed by atoms with Crippen molar-refractivity contribution in [1.82, 2.24) is 4.90 Å². The molecule has 0 N–H and O–H groups in total. The normalized spacial score (nSPS) is 22.9. The van der Waals surface area contributed by atoms with Gasteiger partial charge < -0.3 is 14.4 Å². The van der Waals surface area contributed by atoms with Crippen molar-refractivity contribution < 1.29 is 14.3 Å². The van der Waals surface area contributed by atoms with Crippen LogP contribution < -0.4 is 0 Å². The Hall–Kier alpha value is -0.480. The lowest BCUT2D eigenvalue weighted by atomic mass is 10.1. The zero-order valence-electron chi connectivity index (χ0n) is 7.66. The largest absolute Gasteiger partial charge is 0.433 e. The summed E-state index contributed by atoms with van der Waals surface area (Å²) in [6.45, 7) is 1.34. The number of methoxy groups -OCH3 is 1. The zero-order chi connectivity index (χ0) is 9.68. The Balaban J connectivity index is 2.37. The Morgan fingerprint density at radius 2 is 2.46 bits per heavy atom. The lowest BCUT2D eigenvalue weighted by Gasteiger charge is -2.30. The molecule has 1 fully saturated rings. The summed E-state index contributed by atoms with van der Waals surface area (Å²) in [6.07, 6.45) is 1.74. The van der Waals surface area contributed by atoms with Gasteiger partial charge in [-0.25, -0.2) is 4.79 Å². The van der Waals surface area contributed by atoms with E-state index < -0.39 is 0 Å². The molecule has 0 saturated carbocycles. The lowest BCUT2D eigenvalue weighted by Crippen LogP contribution is -2.43. The van der Waals surface area contributed by atoms with Gasteiger partial charge in [0.05, 0.1) is 12.6 Å². The van der Waals surface area contributed by atoms with Crippen molar-refractivity contribution in [1.29, 1.82) is 0 Å². The molecule has 1 aliphatic heterocycles. The summed E-state index contributed by atoms with van der Waals surface area (Å²) in [5.41, 5.74) is 0.